The molecule has 0 spiro atoms. The van der Waals surface area contributed by atoms with E-state index in [0.717, 1.165) is 0 Å². The molecule has 2 aromatic heterocycles. The SMILES string of the molecule is CCOC(=O)c1c(C)oc2nc(COC(=O)c3ccccc3O)nc(N)c12. The van der Waals surface area contributed by atoms with E-state index in [1.54, 1.807) is 26.0 Å². The van der Waals surface area contributed by atoms with Crippen LogP contribution < -0.4 is 5.73 Å². The fraction of sp³-hybridized carbons (Fsp3) is 0.222. The number of phenols is 1. The minimum Gasteiger partial charge on any atom is -0.507 e. The number of carbonyl (C=O) groups is 2. The maximum Gasteiger partial charge on any atom is 0.342 e. The van der Waals surface area contributed by atoms with Gasteiger partial charge < -0.3 is 24.7 Å². The van der Waals surface area contributed by atoms with Gasteiger partial charge in [-0.15, -0.1) is 0 Å². The number of nitrogen functional groups attached to an aromatic ring is 1. The number of ether oxygens (including phenoxy) is 2. The van der Waals surface area contributed by atoms with Crippen LogP contribution in [0, 0.1) is 6.92 Å². The third kappa shape index (κ3) is 3.52. The first kappa shape index (κ1) is 18.2. The Bertz CT molecular complexity index is 1030. The molecule has 3 N–H and O–H groups in total. The summed E-state index contributed by atoms with van der Waals surface area (Å²) in [7, 11) is 0. The van der Waals surface area contributed by atoms with Crippen LogP contribution in [-0.4, -0.2) is 33.6 Å². The van der Waals surface area contributed by atoms with Gasteiger partial charge in [0.1, 0.15) is 28.5 Å². The maximum absolute atomic E-state index is 12.1. The Morgan fingerprint density at radius 3 is 2.63 bits per heavy atom. The molecule has 9 heteroatoms. The highest BCUT2D eigenvalue weighted by molar-refractivity contribution is 6.07. The molecule has 27 heavy (non-hydrogen) atoms. The van der Waals surface area contributed by atoms with Crippen molar-refractivity contribution in [1.29, 1.82) is 0 Å². The number of para-hydroxylation sites is 1. The molecule has 140 valence electrons. The number of carbonyl (C=O) groups excluding carboxylic acids is 2. The molecule has 0 aliphatic heterocycles. The lowest BCUT2D eigenvalue weighted by molar-refractivity contribution is 0.0458. The number of benzene rings is 1. The Morgan fingerprint density at radius 1 is 1.19 bits per heavy atom. The van der Waals surface area contributed by atoms with Crippen LogP contribution in [0.5, 0.6) is 5.75 Å². The Hall–Kier alpha value is -3.62. The number of nitrogens with two attached hydrogens (primary N) is 1. The van der Waals surface area contributed by atoms with Crippen LogP contribution in [0.2, 0.25) is 0 Å². The predicted octanol–water partition coefficient (Wildman–Crippen LogP) is 2.35. The maximum atomic E-state index is 12.1. The van der Waals surface area contributed by atoms with Gasteiger partial charge in [-0.25, -0.2) is 14.6 Å². The first-order valence-corrected chi connectivity index (χ1v) is 8.10. The summed E-state index contributed by atoms with van der Waals surface area (Å²) >= 11 is 0. The summed E-state index contributed by atoms with van der Waals surface area (Å²) in [5.41, 5.74) is 6.23. The van der Waals surface area contributed by atoms with Gasteiger partial charge in [-0.2, -0.15) is 4.98 Å². The summed E-state index contributed by atoms with van der Waals surface area (Å²) in [6, 6.07) is 5.99. The van der Waals surface area contributed by atoms with Crippen molar-refractivity contribution in [3.05, 3.63) is 47.0 Å². The fourth-order valence-corrected chi connectivity index (χ4v) is 2.55. The average Bonchev–Trinajstić information content (AvgIpc) is 2.96. The molecule has 0 unspecified atom stereocenters. The zero-order valence-electron chi connectivity index (χ0n) is 14.7. The highest BCUT2D eigenvalue weighted by Gasteiger charge is 2.24. The highest BCUT2D eigenvalue weighted by atomic mass is 16.5. The number of hydrogen-bond acceptors (Lipinski definition) is 9. The molecular formula is C18H17N3O6. The average molecular weight is 371 g/mol. The van der Waals surface area contributed by atoms with Gasteiger partial charge in [-0.05, 0) is 26.0 Å². The summed E-state index contributed by atoms with van der Waals surface area (Å²) in [4.78, 5) is 32.4. The summed E-state index contributed by atoms with van der Waals surface area (Å²) in [5.74, 6) is -1.12. The monoisotopic (exact) mass is 371 g/mol. The molecule has 1 aromatic carbocycles. The van der Waals surface area contributed by atoms with Gasteiger partial charge >= 0.3 is 11.9 Å². The molecule has 0 radical (unpaired) electrons. The molecule has 0 amide bonds. The van der Waals surface area contributed by atoms with Gasteiger partial charge in [-0.1, -0.05) is 12.1 Å². The number of aromatic nitrogens is 2. The van der Waals surface area contributed by atoms with E-state index in [-0.39, 0.29) is 52.8 Å². The number of anilines is 1. The van der Waals surface area contributed by atoms with Crippen molar-refractivity contribution in [3.63, 3.8) is 0 Å². The Balaban J connectivity index is 1.86. The number of furan rings is 1. The number of nitrogens with zero attached hydrogens (tertiary/aromatic N) is 2. The second-order valence-corrected chi connectivity index (χ2v) is 5.55. The number of phenolic OH excluding ortho intramolecular Hbond substituents is 1. The second-order valence-electron chi connectivity index (χ2n) is 5.55. The van der Waals surface area contributed by atoms with E-state index in [0.29, 0.717) is 5.76 Å². The first-order chi connectivity index (χ1) is 12.9. The number of rotatable bonds is 5. The minimum atomic E-state index is -0.738. The molecule has 0 saturated heterocycles. The summed E-state index contributed by atoms with van der Waals surface area (Å²) in [5, 5.41) is 9.93. The van der Waals surface area contributed by atoms with Crippen molar-refractivity contribution in [2.75, 3.05) is 12.3 Å². The van der Waals surface area contributed by atoms with Gasteiger partial charge in [0.15, 0.2) is 12.4 Å². The largest absolute Gasteiger partial charge is 0.507 e. The van der Waals surface area contributed by atoms with Crippen molar-refractivity contribution >= 4 is 28.9 Å². The van der Waals surface area contributed by atoms with E-state index in [2.05, 4.69) is 9.97 Å². The molecule has 0 aliphatic rings. The van der Waals surface area contributed by atoms with E-state index in [9.17, 15) is 14.7 Å². The Kier molecular flexibility index (Phi) is 4.93. The molecule has 0 aliphatic carbocycles. The third-order valence-electron chi connectivity index (χ3n) is 3.74. The Labute approximate surface area is 153 Å². The van der Waals surface area contributed by atoms with Crippen LogP contribution in [0.15, 0.2) is 28.7 Å². The van der Waals surface area contributed by atoms with Crippen molar-refractivity contribution in [1.82, 2.24) is 9.97 Å². The van der Waals surface area contributed by atoms with Gasteiger partial charge in [-0.3, -0.25) is 0 Å². The van der Waals surface area contributed by atoms with Crippen molar-refractivity contribution in [3.8, 4) is 5.75 Å². The van der Waals surface area contributed by atoms with E-state index < -0.39 is 11.9 Å². The zero-order valence-corrected chi connectivity index (χ0v) is 14.7. The third-order valence-corrected chi connectivity index (χ3v) is 3.74. The zero-order chi connectivity index (χ0) is 19.6. The lowest BCUT2D eigenvalue weighted by atomic mass is 10.2. The molecular weight excluding hydrogens is 354 g/mol. The van der Waals surface area contributed by atoms with Crippen LogP contribution in [-0.2, 0) is 16.1 Å². The highest BCUT2D eigenvalue weighted by Crippen LogP contribution is 2.29. The van der Waals surface area contributed by atoms with E-state index >= 15 is 0 Å². The normalized spacial score (nSPS) is 10.7. The van der Waals surface area contributed by atoms with Gasteiger partial charge in [0, 0.05) is 0 Å². The minimum absolute atomic E-state index is 0.00788. The molecule has 2 heterocycles. The fourth-order valence-electron chi connectivity index (χ4n) is 2.55. The number of aromatic hydroxyl groups is 1. The lowest BCUT2D eigenvalue weighted by Crippen LogP contribution is -2.10. The van der Waals surface area contributed by atoms with Crippen LogP contribution in [0.4, 0.5) is 5.82 Å². The molecule has 0 atom stereocenters. The van der Waals surface area contributed by atoms with Crippen LogP contribution in [0.3, 0.4) is 0 Å². The first-order valence-electron chi connectivity index (χ1n) is 8.10. The summed E-state index contributed by atoms with van der Waals surface area (Å²) < 4.78 is 15.6. The molecule has 3 rings (SSSR count). The smallest absolute Gasteiger partial charge is 0.342 e. The molecule has 0 fully saturated rings. The number of hydrogen-bond donors (Lipinski definition) is 2. The standard InChI is InChI=1S/C18H17N3O6/c1-3-25-18(24)13-9(2)27-16-14(13)15(19)20-12(21-16)8-26-17(23)10-6-4-5-7-11(10)22/h4-7,22H,3,8H2,1-2H3,(H2,19,20,21). The molecule has 9 nitrogen and oxygen atoms in total. The molecule has 0 bridgehead atoms. The predicted molar refractivity (Wildman–Crippen MR) is 94.1 cm³/mol. The van der Waals surface area contributed by atoms with E-state index in [1.165, 1.54) is 12.1 Å². The van der Waals surface area contributed by atoms with Crippen LogP contribution in [0.25, 0.3) is 11.1 Å². The quantitative estimate of drug-likeness (QED) is 0.647. The van der Waals surface area contributed by atoms with Crippen molar-refractivity contribution in [2.24, 2.45) is 0 Å². The number of esters is 2. The van der Waals surface area contributed by atoms with Gasteiger partial charge in [0.25, 0.3) is 0 Å². The van der Waals surface area contributed by atoms with Gasteiger partial charge in [0.2, 0.25) is 5.71 Å². The van der Waals surface area contributed by atoms with E-state index in [4.69, 9.17) is 19.6 Å². The van der Waals surface area contributed by atoms with Gasteiger partial charge in [0.05, 0.1) is 12.0 Å². The molecule has 0 saturated carbocycles. The number of fused-ring (bicyclic) bond motifs is 1. The van der Waals surface area contributed by atoms with Crippen molar-refractivity contribution in [2.45, 2.75) is 20.5 Å². The Morgan fingerprint density at radius 2 is 1.93 bits per heavy atom. The topological polar surface area (TPSA) is 138 Å². The summed E-state index contributed by atoms with van der Waals surface area (Å²) in [6.45, 7) is 3.19. The second kappa shape index (κ2) is 7.32. The van der Waals surface area contributed by atoms with E-state index in [1.807, 2.05) is 0 Å². The van der Waals surface area contributed by atoms with Crippen LogP contribution in [0.1, 0.15) is 39.2 Å². The summed E-state index contributed by atoms with van der Waals surface area (Å²) in [6.07, 6.45) is 0. The lowest BCUT2D eigenvalue weighted by Gasteiger charge is -2.06. The molecule has 3 aromatic rings. The van der Waals surface area contributed by atoms with Crippen molar-refractivity contribution < 1.29 is 28.6 Å². The van der Waals surface area contributed by atoms with Crippen LogP contribution >= 0.6 is 0 Å². The number of aryl methyl sites for hydroxylation is 1.